The lowest BCUT2D eigenvalue weighted by molar-refractivity contribution is -0.140. The third-order valence-corrected chi connectivity index (χ3v) is 2.10. The molecule has 0 radical (unpaired) electrons. The largest absolute Gasteiger partial charge is 0.480 e. The Morgan fingerprint density at radius 2 is 1.94 bits per heavy atom. The van der Waals surface area contributed by atoms with Gasteiger partial charge < -0.3 is 20.5 Å². The topological polar surface area (TPSA) is 87.7 Å². The third-order valence-electron chi connectivity index (χ3n) is 2.10. The second-order valence-electron chi connectivity index (χ2n) is 4.07. The molecule has 0 bridgehead atoms. The second kappa shape index (κ2) is 8.81. The van der Waals surface area contributed by atoms with Crippen LogP contribution in [-0.4, -0.2) is 42.9 Å². The van der Waals surface area contributed by atoms with Crippen LogP contribution in [0.5, 0.6) is 0 Å². The highest BCUT2D eigenvalue weighted by Gasteiger charge is 2.22. The SMILES string of the molecule is CCCOCCNC(=O)NC(C(=O)O)C(C)C. The minimum Gasteiger partial charge on any atom is -0.480 e. The third kappa shape index (κ3) is 7.57. The van der Waals surface area contributed by atoms with Crippen molar-refractivity contribution in [1.29, 1.82) is 0 Å². The number of rotatable bonds is 8. The van der Waals surface area contributed by atoms with Crippen molar-refractivity contribution in [2.45, 2.75) is 33.2 Å². The van der Waals surface area contributed by atoms with Crippen molar-refractivity contribution in [2.75, 3.05) is 19.8 Å². The number of nitrogens with one attached hydrogen (secondary N) is 2. The predicted molar refractivity (Wildman–Crippen MR) is 63.9 cm³/mol. The molecule has 100 valence electrons. The zero-order valence-corrected chi connectivity index (χ0v) is 10.7. The maximum absolute atomic E-state index is 11.4. The number of aliphatic carboxylic acids is 1. The van der Waals surface area contributed by atoms with Gasteiger partial charge in [-0.2, -0.15) is 0 Å². The Hall–Kier alpha value is -1.30. The van der Waals surface area contributed by atoms with Crippen molar-refractivity contribution in [3.8, 4) is 0 Å². The van der Waals surface area contributed by atoms with Crippen LogP contribution in [0.1, 0.15) is 27.2 Å². The van der Waals surface area contributed by atoms with Crippen LogP contribution < -0.4 is 10.6 Å². The van der Waals surface area contributed by atoms with Crippen molar-refractivity contribution in [3.63, 3.8) is 0 Å². The van der Waals surface area contributed by atoms with Crippen molar-refractivity contribution in [2.24, 2.45) is 5.92 Å². The number of carboxylic acids is 1. The maximum atomic E-state index is 11.4. The summed E-state index contributed by atoms with van der Waals surface area (Å²) in [5.41, 5.74) is 0. The average molecular weight is 246 g/mol. The summed E-state index contributed by atoms with van der Waals surface area (Å²) in [6.45, 7) is 6.94. The number of hydrogen-bond donors (Lipinski definition) is 3. The fourth-order valence-electron chi connectivity index (χ4n) is 1.19. The monoisotopic (exact) mass is 246 g/mol. The molecule has 0 aromatic carbocycles. The van der Waals surface area contributed by atoms with E-state index in [1.807, 2.05) is 6.92 Å². The molecule has 3 N–H and O–H groups in total. The van der Waals surface area contributed by atoms with E-state index in [0.717, 1.165) is 6.42 Å². The lowest BCUT2D eigenvalue weighted by atomic mass is 10.1. The standard InChI is InChI=1S/C11H22N2O4/c1-4-6-17-7-5-12-11(16)13-9(8(2)3)10(14)15/h8-9H,4-7H2,1-3H3,(H,14,15)(H2,12,13,16). The summed E-state index contributed by atoms with van der Waals surface area (Å²) in [6, 6.07) is -1.35. The first-order valence-electron chi connectivity index (χ1n) is 5.84. The van der Waals surface area contributed by atoms with Gasteiger partial charge in [0.05, 0.1) is 6.61 Å². The average Bonchev–Trinajstić information content (AvgIpc) is 2.24. The van der Waals surface area contributed by atoms with Gasteiger partial charge in [0.25, 0.3) is 0 Å². The highest BCUT2D eigenvalue weighted by atomic mass is 16.5. The fraction of sp³-hybridized carbons (Fsp3) is 0.818. The van der Waals surface area contributed by atoms with Crippen LogP contribution in [0.3, 0.4) is 0 Å². The number of carbonyl (C=O) groups is 2. The van der Waals surface area contributed by atoms with E-state index >= 15 is 0 Å². The van der Waals surface area contributed by atoms with E-state index in [1.165, 1.54) is 0 Å². The summed E-state index contributed by atoms with van der Waals surface area (Å²) in [7, 11) is 0. The second-order valence-corrected chi connectivity index (χ2v) is 4.07. The number of carboxylic acid groups (broad SMARTS) is 1. The smallest absolute Gasteiger partial charge is 0.326 e. The molecule has 6 heteroatoms. The van der Waals surface area contributed by atoms with Gasteiger partial charge in [-0.25, -0.2) is 9.59 Å². The molecule has 0 spiro atoms. The van der Waals surface area contributed by atoms with Crippen LogP contribution in [0, 0.1) is 5.92 Å². The Morgan fingerprint density at radius 1 is 1.29 bits per heavy atom. The Kier molecular flexibility index (Phi) is 8.13. The van der Waals surface area contributed by atoms with Gasteiger partial charge in [0, 0.05) is 13.2 Å². The van der Waals surface area contributed by atoms with Crippen molar-refractivity contribution in [1.82, 2.24) is 10.6 Å². The summed E-state index contributed by atoms with van der Waals surface area (Å²) in [5.74, 6) is -1.19. The quantitative estimate of drug-likeness (QED) is 0.553. The Balaban J connectivity index is 3.80. The lowest BCUT2D eigenvalue weighted by Gasteiger charge is -2.18. The summed E-state index contributed by atoms with van der Waals surface area (Å²) < 4.78 is 5.17. The molecule has 0 aliphatic carbocycles. The lowest BCUT2D eigenvalue weighted by Crippen LogP contribution is -2.49. The molecule has 1 atom stereocenters. The zero-order chi connectivity index (χ0) is 13.3. The molecule has 0 aliphatic rings. The highest BCUT2D eigenvalue weighted by molar-refractivity contribution is 5.82. The van der Waals surface area contributed by atoms with Crippen molar-refractivity contribution >= 4 is 12.0 Å². The minimum absolute atomic E-state index is 0.158. The fourth-order valence-corrected chi connectivity index (χ4v) is 1.19. The van der Waals surface area contributed by atoms with Gasteiger partial charge in [-0.3, -0.25) is 0 Å². The number of amides is 2. The molecule has 0 saturated heterocycles. The van der Waals surface area contributed by atoms with Crippen LogP contribution in [0.25, 0.3) is 0 Å². The normalized spacial score (nSPS) is 12.2. The first-order chi connectivity index (χ1) is 7.99. The van der Waals surface area contributed by atoms with Gasteiger partial charge in [0.2, 0.25) is 0 Å². The molecule has 0 fully saturated rings. The Labute approximate surface area is 102 Å². The summed E-state index contributed by atoms with van der Waals surface area (Å²) in [6.07, 6.45) is 0.931. The maximum Gasteiger partial charge on any atom is 0.326 e. The van der Waals surface area contributed by atoms with Crippen LogP contribution >= 0.6 is 0 Å². The molecule has 2 amide bonds. The number of carbonyl (C=O) groups excluding carboxylic acids is 1. The molecule has 17 heavy (non-hydrogen) atoms. The summed E-state index contributed by atoms with van der Waals surface area (Å²) in [5, 5.41) is 13.8. The van der Waals surface area contributed by atoms with E-state index in [4.69, 9.17) is 9.84 Å². The van der Waals surface area contributed by atoms with Crippen LogP contribution in [0.4, 0.5) is 4.79 Å². The first kappa shape index (κ1) is 15.7. The molecular weight excluding hydrogens is 224 g/mol. The number of ether oxygens (including phenoxy) is 1. The van der Waals surface area contributed by atoms with E-state index in [0.29, 0.717) is 19.8 Å². The van der Waals surface area contributed by atoms with E-state index in [-0.39, 0.29) is 5.92 Å². The van der Waals surface area contributed by atoms with Crippen LogP contribution in [0.2, 0.25) is 0 Å². The Morgan fingerprint density at radius 3 is 2.41 bits per heavy atom. The Bertz CT molecular complexity index is 244. The van der Waals surface area contributed by atoms with E-state index in [1.54, 1.807) is 13.8 Å². The van der Waals surface area contributed by atoms with Gasteiger partial charge >= 0.3 is 12.0 Å². The van der Waals surface area contributed by atoms with Gasteiger partial charge in [0.15, 0.2) is 0 Å². The molecule has 0 heterocycles. The van der Waals surface area contributed by atoms with E-state index in [9.17, 15) is 9.59 Å². The number of hydrogen-bond acceptors (Lipinski definition) is 3. The molecule has 0 aliphatic heterocycles. The summed E-state index contributed by atoms with van der Waals surface area (Å²) in [4.78, 5) is 22.2. The van der Waals surface area contributed by atoms with Gasteiger partial charge in [-0.1, -0.05) is 20.8 Å². The molecule has 1 unspecified atom stereocenters. The highest BCUT2D eigenvalue weighted by Crippen LogP contribution is 2.00. The van der Waals surface area contributed by atoms with Crippen molar-refractivity contribution in [3.05, 3.63) is 0 Å². The summed E-state index contributed by atoms with van der Waals surface area (Å²) >= 11 is 0. The van der Waals surface area contributed by atoms with Gasteiger partial charge in [0.1, 0.15) is 6.04 Å². The molecule has 6 nitrogen and oxygen atoms in total. The van der Waals surface area contributed by atoms with Crippen molar-refractivity contribution < 1.29 is 19.4 Å². The molecular formula is C11H22N2O4. The zero-order valence-electron chi connectivity index (χ0n) is 10.7. The molecule has 0 aromatic rings. The number of urea groups is 1. The molecule has 0 aromatic heterocycles. The van der Waals surface area contributed by atoms with Gasteiger partial charge in [-0.15, -0.1) is 0 Å². The van der Waals surface area contributed by atoms with Crippen LogP contribution in [-0.2, 0) is 9.53 Å². The van der Waals surface area contributed by atoms with E-state index in [2.05, 4.69) is 10.6 Å². The predicted octanol–water partition coefficient (Wildman–Crippen LogP) is 0.821. The van der Waals surface area contributed by atoms with Gasteiger partial charge in [-0.05, 0) is 12.3 Å². The first-order valence-corrected chi connectivity index (χ1v) is 5.84. The van der Waals surface area contributed by atoms with Crippen LogP contribution in [0.15, 0.2) is 0 Å². The minimum atomic E-state index is -1.03. The molecule has 0 rings (SSSR count). The molecule has 0 saturated carbocycles. The van der Waals surface area contributed by atoms with E-state index < -0.39 is 18.0 Å².